The van der Waals surface area contributed by atoms with Gasteiger partial charge in [-0.1, -0.05) is 6.92 Å². The third kappa shape index (κ3) is 4.43. The molecule has 0 heterocycles. The van der Waals surface area contributed by atoms with Crippen molar-refractivity contribution in [3.05, 3.63) is 23.5 Å². The molecule has 0 amide bonds. The van der Waals surface area contributed by atoms with E-state index in [0.717, 1.165) is 6.07 Å². The summed E-state index contributed by atoms with van der Waals surface area (Å²) < 4.78 is 40.2. The summed E-state index contributed by atoms with van der Waals surface area (Å²) in [5, 5.41) is 8.87. The van der Waals surface area contributed by atoms with E-state index in [1.54, 1.807) is 0 Å². The van der Waals surface area contributed by atoms with Gasteiger partial charge in [0.2, 0.25) is 10.0 Å². The largest absolute Gasteiger partial charge is 0.399 e. The molecule has 0 aromatic heterocycles. The van der Waals surface area contributed by atoms with Crippen LogP contribution < -0.4 is 10.5 Å². The minimum atomic E-state index is -3.91. The predicted octanol–water partition coefficient (Wildman–Crippen LogP) is 1.40. The molecule has 5 nitrogen and oxygen atoms in total. The highest BCUT2D eigenvalue weighted by molar-refractivity contribution is 7.89. The number of hydrogen-bond donors (Lipinski definition) is 3. The molecule has 1 aromatic carbocycles. The summed E-state index contributed by atoms with van der Waals surface area (Å²) >= 11 is 0. The van der Waals surface area contributed by atoms with Crippen molar-refractivity contribution < 1.29 is 17.9 Å². The van der Waals surface area contributed by atoms with Gasteiger partial charge in [-0.2, -0.15) is 0 Å². The molecule has 1 aromatic rings. The molecule has 0 saturated carbocycles. The Morgan fingerprint density at radius 2 is 2.10 bits per heavy atom. The van der Waals surface area contributed by atoms with Gasteiger partial charge in [-0.15, -0.1) is 0 Å². The number of benzene rings is 1. The maximum Gasteiger partial charge on any atom is 0.243 e. The molecular formula is C13H21FN2O3S. The molecule has 0 aliphatic heterocycles. The fraction of sp³-hybridized carbons (Fsp3) is 0.538. The third-order valence-corrected chi connectivity index (χ3v) is 4.47. The highest BCUT2D eigenvalue weighted by Crippen LogP contribution is 2.21. The number of halogens is 1. The number of aryl methyl sites for hydroxylation is 1. The van der Waals surface area contributed by atoms with Gasteiger partial charge in [0, 0.05) is 18.8 Å². The molecule has 0 aliphatic carbocycles. The number of aliphatic hydroxyl groups excluding tert-OH is 1. The Kier molecular flexibility index (Phi) is 5.91. The van der Waals surface area contributed by atoms with Crippen molar-refractivity contribution >= 4 is 15.7 Å². The smallest absolute Gasteiger partial charge is 0.243 e. The van der Waals surface area contributed by atoms with E-state index in [-0.39, 0.29) is 30.3 Å². The summed E-state index contributed by atoms with van der Waals surface area (Å²) in [5.74, 6) is -0.665. The first-order chi connectivity index (χ1) is 9.27. The van der Waals surface area contributed by atoms with Crippen molar-refractivity contribution in [3.8, 4) is 0 Å². The summed E-state index contributed by atoms with van der Waals surface area (Å²) in [6, 6.07) is 2.50. The van der Waals surface area contributed by atoms with E-state index in [9.17, 15) is 12.8 Å². The lowest BCUT2D eigenvalue weighted by Gasteiger charge is -2.11. The van der Waals surface area contributed by atoms with Crippen LogP contribution in [0.3, 0.4) is 0 Å². The Labute approximate surface area is 119 Å². The van der Waals surface area contributed by atoms with E-state index < -0.39 is 20.7 Å². The van der Waals surface area contributed by atoms with Gasteiger partial charge in [-0.05, 0) is 43.4 Å². The third-order valence-electron chi connectivity index (χ3n) is 3.01. The molecule has 114 valence electrons. The summed E-state index contributed by atoms with van der Waals surface area (Å²) in [6.07, 6.45) is 1.27. The molecule has 4 N–H and O–H groups in total. The van der Waals surface area contributed by atoms with Gasteiger partial charge in [0.15, 0.2) is 0 Å². The fourth-order valence-corrected chi connectivity index (χ4v) is 3.04. The minimum absolute atomic E-state index is 0.0653. The number of nitrogens with one attached hydrogen (secondary N) is 1. The van der Waals surface area contributed by atoms with Crippen molar-refractivity contribution in [2.24, 2.45) is 5.92 Å². The van der Waals surface area contributed by atoms with Gasteiger partial charge in [0.25, 0.3) is 0 Å². The zero-order valence-corrected chi connectivity index (χ0v) is 12.5. The Morgan fingerprint density at radius 1 is 1.45 bits per heavy atom. The van der Waals surface area contributed by atoms with Crippen LogP contribution in [0.4, 0.5) is 10.1 Å². The van der Waals surface area contributed by atoms with E-state index in [0.29, 0.717) is 12.8 Å². The van der Waals surface area contributed by atoms with E-state index in [1.807, 2.05) is 6.92 Å². The van der Waals surface area contributed by atoms with Crippen molar-refractivity contribution in [1.29, 1.82) is 0 Å². The zero-order chi connectivity index (χ0) is 15.3. The number of sulfonamides is 1. The zero-order valence-electron chi connectivity index (χ0n) is 11.7. The summed E-state index contributed by atoms with van der Waals surface area (Å²) in [7, 11) is -3.91. The van der Waals surface area contributed by atoms with Crippen LogP contribution in [-0.4, -0.2) is 26.7 Å². The van der Waals surface area contributed by atoms with Crippen molar-refractivity contribution in [1.82, 2.24) is 4.72 Å². The van der Waals surface area contributed by atoms with Crippen molar-refractivity contribution in [3.63, 3.8) is 0 Å². The van der Waals surface area contributed by atoms with Crippen LogP contribution in [0.25, 0.3) is 0 Å². The number of anilines is 1. The van der Waals surface area contributed by atoms with E-state index >= 15 is 0 Å². The van der Waals surface area contributed by atoms with Gasteiger partial charge < -0.3 is 10.8 Å². The Morgan fingerprint density at radius 3 is 2.70 bits per heavy atom. The van der Waals surface area contributed by atoms with Gasteiger partial charge in [-0.3, -0.25) is 0 Å². The van der Waals surface area contributed by atoms with Crippen molar-refractivity contribution in [2.75, 3.05) is 18.9 Å². The Balaban J connectivity index is 2.75. The average molecular weight is 304 g/mol. The topological polar surface area (TPSA) is 92.4 Å². The minimum Gasteiger partial charge on any atom is -0.399 e. The quantitative estimate of drug-likeness (QED) is 0.524. The molecule has 1 atom stereocenters. The van der Waals surface area contributed by atoms with E-state index in [2.05, 4.69) is 4.72 Å². The lowest BCUT2D eigenvalue weighted by Crippen LogP contribution is -2.26. The first-order valence-electron chi connectivity index (χ1n) is 6.44. The number of nitrogens with two attached hydrogens (primary N) is 1. The molecule has 1 rings (SSSR count). The van der Waals surface area contributed by atoms with Crippen molar-refractivity contribution in [2.45, 2.75) is 31.6 Å². The molecule has 0 saturated heterocycles. The molecule has 0 aliphatic rings. The lowest BCUT2D eigenvalue weighted by molar-refractivity contribution is 0.228. The number of hydrogen-bond acceptors (Lipinski definition) is 4. The molecule has 7 heteroatoms. The second-order valence-electron chi connectivity index (χ2n) is 4.98. The molecule has 20 heavy (non-hydrogen) atoms. The summed E-state index contributed by atoms with van der Waals surface area (Å²) in [6.45, 7) is 3.60. The molecule has 1 unspecified atom stereocenters. The van der Waals surface area contributed by atoms with Gasteiger partial charge >= 0.3 is 0 Å². The number of aliphatic hydroxyl groups is 1. The Hall–Kier alpha value is -1.18. The number of nitrogen functional groups attached to an aromatic ring is 1. The maximum atomic E-state index is 13.9. The molecule has 0 spiro atoms. The Bertz CT molecular complexity index is 561. The van der Waals surface area contributed by atoms with Crippen LogP contribution in [-0.2, 0) is 10.0 Å². The monoisotopic (exact) mass is 304 g/mol. The van der Waals surface area contributed by atoms with Crippen LogP contribution in [0.5, 0.6) is 0 Å². The van der Waals surface area contributed by atoms with Crippen LogP contribution in [0.1, 0.15) is 25.3 Å². The van der Waals surface area contributed by atoms with Crippen LogP contribution in [0.2, 0.25) is 0 Å². The SMILES string of the molecule is Cc1cc(N)cc(S(=O)(=O)NCCCC(C)CO)c1F. The average Bonchev–Trinajstić information content (AvgIpc) is 2.38. The second kappa shape index (κ2) is 7.01. The normalized spacial score (nSPS) is 13.4. The highest BCUT2D eigenvalue weighted by Gasteiger charge is 2.20. The van der Waals surface area contributed by atoms with Gasteiger partial charge in [0.05, 0.1) is 0 Å². The second-order valence-corrected chi connectivity index (χ2v) is 6.71. The molecule has 0 fully saturated rings. The van der Waals surface area contributed by atoms with Gasteiger partial charge in [-0.25, -0.2) is 17.5 Å². The van der Waals surface area contributed by atoms with Crippen LogP contribution in [0, 0.1) is 18.7 Å². The highest BCUT2D eigenvalue weighted by atomic mass is 32.2. The maximum absolute atomic E-state index is 13.9. The van der Waals surface area contributed by atoms with Gasteiger partial charge in [0.1, 0.15) is 10.7 Å². The fourth-order valence-electron chi connectivity index (χ4n) is 1.79. The summed E-state index contributed by atoms with van der Waals surface area (Å²) in [4.78, 5) is -0.426. The first kappa shape index (κ1) is 16.9. The first-order valence-corrected chi connectivity index (χ1v) is 7.92. The van der Waals surface area contributed by atoms with E-state index in [1.165, 1.54) is 13.0 Å². The summed E-state index contributed by atoms with van der Waals surface area (Å²) in [5.41, 5.74) is 5.95. The predicted molar refractivity (Wildman–Crippen MR) is 76.2 cm³/mol. The van der Waals surface area contributed by atoms with Crippen LogP contribution >= 0.6 is 0 Å². The van der Waals surface area contributed by atoms with Crippen LogP contribution in [0.15, 0.2) is 17.0 Å². The molecule has 0 bridgehead atoms. The molecule has 0 radical (unpaired) electrons. The standard InChI is InChI=1S/C13H21FN2O3S/c1-9(8-17)4-3-5-16-20(18,19)12-7-11(15)6-10(2)13(12)14/h6-7,9,16-17H,3-5,8,15H2,1-2H3. The lowest BCUT2D eigenvalue weighted by atomic mass is 10.1. The van der Waals surface area contributed by atoms with E-state index in [4.69, 9.17) is 10.8 Å². The molecular weight excluding hydrogens is 283 g/mol. The number of rotatable bonds is 7.